The Morgan fingerprint density at radius 2 is 2.32 bits per heavy atom. The standard InChI is InChI=1S/C14H18BrClN2O/c15-13-5-4-11(16)8-10(13)3-6-14(19)18-7-1-2-12(17)9-18/h4-5,8,12H,1-3,6-7,9,17H2/t12-/m1/s1. The molecule has 0 aromatic heterocycles. The van der Waals surface area contributed by atoms with Gasteiger partial charge in [0.1, 0.15) is 0 Å². The Morgan fingerprint density at radius 3 is 3.05 bits per heavy atom. The molecule has 3 nitrogen and oxygen atoms in total. The van der Waals surface area contributed by atoms with Crippen LogP contribution in [0.5, 0.6) is 0 Å². The molecular formula is C14H18BrClN2O. The van der Waals surface area contributed by atoms with Gasteiger partial charge in [0.05, 0.1) is 0 Å². The van der Waals surface area contributed by atoms with Gasteiger partial charge in [-0.3, -0.25) is 4.79 Å². The number of likely N-dealkylation sites (tertiary alicyclic amines) is 1. The van der Waals surface area contributed by atoms with E-state index in [-0.39, 0.29) is 11.9 Å². The highest BCUT2D eigenvalue weighted by atomic mass is 79.9. The first-order valence-corrected chi connectivity index (χ1v) is 7.70. The van der Waals surface area contributed by atoms with Crippen molar-refractivity contribution in [3.63, 3.8) is 0 Å². The average molecular weight is 346 g/mol. The maximum atomic E-state index is 12.1. The lowest BCUT2D eigenvalue weighted by atomic mass is 10.0. The van der Waals surface area contributed by atoms with Crippen LogP contribution in [-0.2, 0) is 11.2 Å². The highest BCUT2D eigenvalue weighted by Gasteiger charge is 2.20. The summed E-state index contributed by atoms with van der Waals surface area (Å²) < 4.78 is 1.00. The lowest BCUT2D eigenvalue weighted by Crippen LogP contribution is -2.45. The second kappa shape index (κ2) is 6.73. The maximum Gasteiger partial charge on any atom is 0.222 e. The van der Waals surface area contributed by atoms with Crippen molar-refractivity contribution in [3.8, 4) is 0 Å². The molecule has 1 aliphatic heterocycles. The molecule has 1 amide bonds. The molecule has 0 bridgehead atoms. The second-order valence-electron chi connectivity index (χ2n) is 4.98. The van der Waals surface area contributed by atoms with Crippen molar-refractivity contribution in [2.45, 2.75) is 31.7 Å². The maximum absolute atomic E-state index is 12.1. The third kappa shape index (κ3) is 4.20. The van der Waals surface area contributed by atoms with Gasteiger partial charge in [0.15, 0.2) is 0 Å². The molecule has 0 unspecified atom stereocenters. The topological polar surface area (TPSA) is 46.3 Å². The molecule has 2 N–H and O–H groups in total. The van der Waals surface area contributed by atoms with Crippen LogP contribution in [0, 0.1) is 0 Å². The van der Waals surface area contributed by atoms with E-state index >= 15 is 0 Å². The van der Waals surface area contributed by atoms with Crippen LogP contribution < -0.4 is 5.73 Å². The fourth-order valence-electron chi connectivity index (χ4n) is 2.37. The third-order valence-electron chi connectivity index (χ3n) is 3.43. The van der Waals surface area contributed by atoms with Crippen LogP contribution in [0.4, 0.5) is 0 Å². The molecule has 5 heteroatoms. The largest absolute Gasteiger partial charge is 0.341 e. The van der Waals surface area contributed by atoms with Crippen LogP contribution in [0.25, 0.3) is 0 Å². The van der Waals surface area contributed by atoms with E-state index in [0.29, 0.717) is 24.4 Å². The number of benzene rings is 1. The first-order chi connectivity index (χ1) is 9.06. The second-order valence-corrected chi connectivity index (χ2v) is 6.27. The van der Waals surface area contributed by atoms with Gasteiger partial charge >= 0.3 is 0 Å². The van der Waals surface area contributed by atoms with Crippen LogP contribution in [0.1, 0.15) is 24.8 Å². The van der Waals surface area contributed by atoms with Crippen molar-refractivity contribution in [3.05, 3.63) is 33.3 Å². The molecule has 1 aromatic rings. The van der Waals surface area contributed by atoms with E-state index < -0.39 is 0 Å². The summed E-state index contributed by atoms with van der Waals surface area (Å²) in [5.41, 5.74) is 6.97. The smallest absolute Gasteiger partial charge is 0.222 e. The summed E-state index contributed by atoms with van der Waals surface area (Å²) in [4.78, 5) is 14.0. The van der Waals surface area contributed by atoms with Crippen LogP contribution in [0.3, 0.4) is 0 Å². The van der Waals surface area contributed by atoms with E-state index in [1.165, 1.54) is 0 Å². The van der Waals surface area contributed by atoms with Gasteiger partial charge in [-0.2, -0.15) is 0 Å². The highest BCUT2D eigenvalue weighted by Crippen LogP contribution is 2.23. The monoisotopic (exact) mass is 344 g/mol. The predicted molar refractivity (Wildman–Crippen MR) is 81.3 cm³/mol. The van der Waals surface area contributed by atoms with E-state index in [9.17, 15) is 4.79 Å². The summed E-state index contributed by atoms with van der Waals surface area (Å²) in [6.45, 7) is 1.53. The lowest BCUT2D eigenvalue weighted by Gasteiger charge is -2.30. The number of piperidine rings is 1. The van der Waals surface area contributed by atoms with Crippen molar-refractivity contribution < 1.29 is 4.79 Å². The zero-order chi connectivity index (χ0) is 13.8. The van der Waals surface area contributed by atoms with Crippen LogP contribution in [0.15, 0.2) is 22.7 Å². The predicted octanol–water partition coefficient (Wildman–Crippen LogP) is 2.98. The molecule has 1 atom stereocenters. The number of amides is 1. The molecule has 1 saturated heterocycles. The Kier molecular flexibility index (Phi) is 5.25. The first-order valence-electron chi connectivity index (χ1n) is 6.53. The Morgan fingerprint density at radius 1 is 1.53 bits per heavy atom. The van der Waals surface area contributed by atoms with E-state index in [1.807, 2.05) is 23.1 Å². The summed E-state index contributed by atoms with van der Waals surface area (Å²) in [6.07, 6.45) is 3.23. The van der Waals surface area contributed by atoms with Crippen LogP contribution in [-0.4, -0.2) is 29.9 Å². The van der Waals surface area contributed by atoms with Gasteiger partial charge in [0.25, 0.3) is 0 Å². The van der Waals surface area contributed by atoms with Crippen molar-refractivity contribution >= 4 is 33.4 Å². The molecule has 0 saturated carbocycles. The number of nitrogens with two attached hydrogens (primary N) is 1. The molecule has 1 fully saturated rings. The third-order valence-corrected chi connectivity index (χ3v) is 4.44. The number of aryl methyl sites for hydroxylation is 1. The van der Waals surface area contributed by atoms with E-state index in [2.05, 4.69) is 15.9 Å². The fourth-order valence-corrected chi connectivity index (χ4v) is 3.01. The number of halogens is 2. The molecule has 1 aromatic carbocycles. The fraction of sp³-hybridized carbons (Fsp3) is 0.500. The Hall–Kier alpha value is -0.580. The number of carbonyl (C=O) groups excluding carboxylic acids is 1. The normalized spacial score (nSPS) is 19.5. The van der Waals surface area contributed by atoms with E-state index in [1.54, 1.807) is 0 Å². The summed E-state index contributed by atoms with van der Waals surface area (Å²) in [5, 5.41) is 0.700. The molecule has 1 heterocycles. The van der Waals surface area contributed by atoms with E-state index in [0.717, 1.165) is 29.4 Å². The zero-order valence-electron chi connectivity index (χ0n) is 10.7. The lowest BCUT2D eigenvalue weighted by molar-refractivity contribution is -0.132. The van der Waals surface area contributed by atoms with Gasteiger partial charge in [-0.1, -0.05) is 27.5 Å². The van der Waals surface area contributed by atoms with Crippen molar-refractivity contribution in [2.24, 2.45) is 5.73 Å². The van der Waals surface area contributed by atoms with Crippen molar-refractivity contribution in [1.29, 1.82) is 0 Å². The molecule has 2 rings (SSSR count). The molecule has 0 spiro atoms. The highest BCUT2D eigenvalue weighted by molar-refractivity contribution is 9.10. The quantitative estimate of drug-likeness (QED) is 0.915. The molecule has 0 radical (unpaired) electrons. The zero-order valence-corrected chi connectivity index (χ0v) is 13.1. The SMILES string of the molecule is N[C@@H]1CCCN(C(=O)CCc2cc(Cl)ccc2Br)C1. The summed E-state index contributed by atoms with van der Waals surface area (Å²) in [5.74, 6) is 0.182. The number of rotatable bonds is 3. The number of nitrogens with zero attached hydrogens (tertiary/aromatic N) is 1. The van der Waals surface area contributed by atoms with E-state index in [4.69, 9.17) is 17.3 Å². The van der Waals surface area contributed by atoms with Gasteiger partial charge < -0.3 is 10.6 Å². The first kappa shape index (κ1) is 14.8. The minimum atomic E-state index is 0.135. The molecule has 0 aliphatic carbocycles. The summed E-state index contributed by atoms with van der Waals surface area (Å²) >= 11 is 9.45. The minimum Gasteiger partial charge on any atom is -0.341 e. The Labute approximate surface area is 127 Å². The number of hydrogen-bond acceptors (Lipinski definition) is 2. The number of hydrogen-bond donors (Lipinski definition) is 1. The molecular weight excluding hydrogens is 328 g/mol. The molecule has 104 valence electrons. The average Bonchev–Trinajstić information content (AvgIpc) is 2.39. The van der Waals surface area contributed by atoms with Crippen molar-refractivity contribution in [2.75, 3.05) is 13.1 Å². The Balaban J connectivity index is 1.91. The molecule has 19 heavy (non-hydrogen) atoms. The summed E-state index contributed by atoms with van der Waals surface area (Å²) in [6, 6.07) is 5.79. The summed E-state index contributed by atoms with van der Waals surface area (Å²) in [7, 11) is 0. The van der Waals surface area contributed by atoms with Gasteiger partial charge in [-0.05, 0) is 43.0 Å². The van der Waals surface area contributed by atoms with Crippen LogP contribution >= 0.6 is 27.5 Å². The van der Waals surface area contributed by atoms with Crippen LogP contribution in [0.2, 0.25) is 5.02 Å². The van der Waals surface area contributed by atoms with Gasteiger partial charge in [0, 0.05) is 35.0 Å². The minimum absolute atomic E-state index is 0.135. The van der Waals surface area contributed by atoms with Gasteiger partial charge in [-0.15, -0.1) is 0 Å². The van der Waals surface area contributed by atoms with Crippen molar-refractivity contribution in [1.82, 2.24) is 4.90 Å². The Bertz CT molecular complexity index is 467. The van der Waals surface area contributed by atoms with Gasteiger partial charge in [0.2, 0.25) is 5.91 Å². The molecule has 1 aliphatic rings. The van der Waals surface area contributed by atoms with Gasteiger partial charge in [-0.25, -0.2) is 0 Å². The number of carbonyl (C=O) groups is 1.